The lowest BCUT2D eigenvalue weighted by Gasteiger charge is -2.51. The highest BCUT2D eigenvalue weighted by Gasteiger charge is 2.51. The van der Waals surface area contributed by atoms with E-state index in [0.29, 0.717) is 11.6 Å². The zero-order chi connectivity index (χ0) is 18.2. The fraction of sp³-hybridized carbons (Fsp3) is 0.955. The van der Waals surface area contributed by atoms with E-state index >= 15 is 0 Å². The van der Waals surface area contributed by atoms with E-state index in [1.165, 1.54) is 51.4 Å². The number of hydrogen-bond acceptors (Lipinski definition) is 1. The van der Waals surface area contributed by atoms with Crippen LogP contribution in [0.3, 0.4) is 0 Å². The van der Waals surface area contributed by atoms with Crippen LogP contribution in [-0.4, -0.2) is 20.4 Å². The molecule has 1 aliphatic carbocycles. The minimum Gasteiger partial charge on any atom is -0.382 e. The Balaban J connectivity index is 3.13. The maximum absolute atomic E-state index is 6.63. The van der Waals surface area contributed by atoms with Crippen molar-refractivity contribution in [3.05, 3.63) is 6.42 Å². The third-order valence-electron chi connectivity index (χ3n) is 6.69. The van der Waals surface area contributed by atoms with Crippen molar-refractivity contribution >= 4 is 8.07 Å². The first-order valence-electron chi connectivity index (χ1n) is 10.8. The lowest BCUT2D eigenvalue weighted by molar-refractivity contribution is 0.0685. The molecule has 0 aromatic carbocycles. The van der Waals surface area contributed by atoms with Crippen LogP contribution in [-0.2, 0) is 4.74 Å². The summed E-state index contributed by atoms with van der Waals surface area (Å²) >= 11 is 0. The first-order valence-corrected chi connectivity index (χ1v) is 13.1. The molecule has 0 aliphatic heterocycles. The zero-order valence-electron chi connectivity index (χ0n) is 17.7. The Kier molecular flexibility index (Phi) is 10.2. The van der Waals surface area contributed by atoms with Crippen molar-refractivity contribution in [3.8, 4) is 0 Å². The van der Waals surface area contributed by atoms with Crippen molar-refractivity contribution in [3.63, 3.8) is 0 Å². The first-order chi connectivity index (χ1) is 11.4. The fourth-order valence-corrected chi connectivity index (χ4v) is 13.2. The lowest BCUT2D eigenvalue weighted by atomic mass is 9.92. The van der Waals surface area contributed by atoms with Gasteiger partial charge in [0.2, 0.25) is 0 Å². The van der Waals surface area contributed by atoms with Gasteiger partial charge in [-0.05, 0) is 48.7 Å². The molecule has 0 spiro atoms. The number of rotatable bonds is 7. The van der Waals surface area contributed by atoms with Crippen molar-refractivity contribution in [2.45, 2.75) is 122 Å². The average molecular weight is 354 g/mol. The van der Waals surface area contributed by atoms with Crippen LogP contribution in [0.15, 0.2) is 0 Å². The molecule has 0 saturated heterocycles. The summed E-state index contributed by atoms with van der Waals surface area (Å²) in [5, 5.41) is 0. The number of hydrogen-bond donors (Lipinski definition) is 0. The molecular weight excluding hydrogens is 308 g/mol. The highest BCUT2D eigenvalue weighted by atomic mass is 28.3. The van der Waals surface area contributed by atoms with E-state index in [1.54, 1.807) is 0 Å². The minimum atomic E-state index is -1.59. The van der Waals surface area contributed by atoms with Gasteiger partial charge < -0.3 is 4.74 Å². The summed E-state index contributed by atoms with van der Waals surface area (Å²) < 4.78 is 6.63. The van der Waals surface area contributed by atoms with E-state index in [4.69, 9.17) is 4.74 Å². The van der Waals surface area contributed by atoms with Crippen LogP contribution in [0.25, 0.3) is 0 Å². The molecule has 0 N–H and O–H groups in total. The molecule has 0 bridgehead atoms. The van der Waals surface area contributed by atoms with Gasteiger partial charge in [0.25, 0.3) is 0 Å². The normalized spacial score (nSPS) is 20.8. The van der Waals surface area contributed by atoms with Crippen LogP contribution < -0.4 is 0 Å². The Morgan fingerprint density at radius 2 is 1.33 bits per heavy atom. The van der Waals surface area contributed by atoms with Crippen LogP contribution in [0.1, 0.15) is 99.8 Å². The van der Waals surface area contributed by atoms with Crippen molar-refractivity contribution in [1.29, 1.82) is 0 Å². The Morgan fingerprint density at radius 1 is 0.833 bits per heavy atom. The lowest BCUT2D eigenvalue weighted by Crippen LogP contribution is -2.59. The summed E-state index contributed by atoms with van der Waals surface area (Å²) in [7, 11) is -1.59. The standard InChI is InChI=1S/C22H45OSi/c1-8-23-22(24(18(2)3,19(4)5)20(6)7)21-16-14-12-10-9-11-13-15-17-21/h16,18-22H,8-15,17H2,1-7H3. The molecule has 1 rings (SSSR count). The maximum Gasteiger partial charge on any atom is 0.0955 e. The van der Waals surface area contributed by atoms with Gasteiger partial charge in [0.1, 0.15) is 0 Å². The summed E-state index contributed by atoms with van der Waals surface area (Å²) in [6.45, 7) is 18.0. The van der Waals surface area contributed by atoms with Crippen molar-refractivity contribution in [1.82, 2.24) is 0 Å². The van der Waals surface area contributed by atoms with Gasteiger partial charge >= 0.3 is 0 Å². The smallest absolute Gasteiger partial charge is 0.0955 e. The number of ether oxygens (including phenoxy) is 1. The van der Waals surface area contributed by atoms with E-state index in [9.17, 15) is 0 Å². The Labute approximate surface area is 154 Å². The molecule has 1 fully saturated rings. The molecule has 1 aliphatic rings. The second-order valence-electron chi connectivity index (χ2n) is 8.94. The van der Waals surface area contributed by atoms with E-state index in [2.05, 4.69) is 54.9 Å². The third kappa shape index (κ3) is 5.33. The van der Waals surface area contributed by atoms with Gasteiger partial charge in [-0.1, -0.05) is 80.1 Å². The predicted octanol–water partition coefficient (Wildman–Crippen LogP) is 7.56. The van der Waals surface area contributed by atoms with Crippen molar-refractivity contribution < 1.29 is 4.74 Å². The van der Waals surface area contributed by atoms with E-state index in [0.717, 1.165) is 23.2 Å². The molecule has 0 amide bonds. The van der Waals surface area contributed by atoms with Gasteiger partial charge in [0.15, 0.2) is 0 Å². The summed E-state index contributed by atoms with van der Waals surface area (Å²) in [6, 6.07) is 0. The van der Waals surface area contributed by atoms with Crippen LogP contribution in [0.4, 0.5) is 0 Å². The monoisotopic (exact) mass is 353 g/mol. The SMILES string of the molecule is CCOC(C1[CH]CCCCCCCC1)[Si](C(C)C)(C(C)C)C(C)C. The highest BCUT2D eigenvalue weighted by Crippen LogP contribution is 2.48. The predicted molar refractivity (Wildman–Crippen MR) is 111 cm³/mol. The molecular formula is C22H45OSi. The van der Waals surface area contributed by atoms with Crippen LogP contribution >= 0.6 is 0 Å². The molecule has 2 unspecified atom stereocenters. The van der Waals surface area contributed by atoms with Gasteiger partial charge in [-0.3, -0.25) is 0 Å². The van der Waals surface area contributed by atoms with Gasteiger partial charge in [-0.2, -0.15) is 0 Å². The van der Waals surface area contributed by atoms with Gasteiger partial charge in [-0.15, -0.1) is 0 Å². The zero-order valence-corrected chi connectivity index (χ0v) is 18.7. The Morgan fingerprint density at radius 3 is 1.83 bits per heavy atom. The fourth-order valence-electron chi connectivity index (χ4n) is 5.76. The summed E-state index contributed by atoms with van der Waals surface area (Å²) in [5.41, 5.74) is 2.83. The summed E-state index contributed by atoms with van der Waals surface area (Å²) in [4.78, 5) is 0. The molecule has 0 aromatic heterocycles. The maximum atomic E-state index is 6.63. The van der Waals surface area contributed by atoms with Crippen LogP contribution in [0.2, 0.25) is 16.6 Å². The highest BCUT2D eigenvalue weighted by molar-refractivity contribution is 6.84. The van der Waals surface area contributed by atoms with Crippen molar-refractivity contribution in [2.24, 2.45) is 5.92 Å². The van der Waals surface area contributed by atoms with Gasteiger partial charge in [-0.25, -0.2) is 0 Å². The molecule has 1 nitrogen and oxygen atoms in total. The average Bonchev–Trinajstić information content (AvgIpc) is 2.51. The minimum absolute atomic E-state index is 0.502. The molecule has 143 valence electrons. The molecule has 1 radical (unpaired) electrons. The van der Waals surface area contributed by atoms with Crippen LogP contribution in [0, 0.1) is 12.3 Å². The molecule has 2 heteroatoms. The third-order valence-corrected chi connectivity index (χ3v) is 14.3. The van der Waals surface area contributed by atoms with Crippen molar-refractivity contribution in [2.75, 3.05) is 6.61 Å². The Bertz CT molecular complexity index is 292. The topological polar surface area (TPSA) is 9.23 Å². The second-order valence-corrected chi connectivity index (χ2v) is 15.0. The summed E-state index contributed by atoms with van der Waals surface area (Å²) in [6.07, 6.45) is 13.8. The largest absolute Gasteiger partial charge is 0.382 e. The quantitative estimate of drug-likeness (QED) is 0.429. The van der Waals surface area contributed by atoms with E-state index in [-0.39, 0.29) is 0 Å². The van der Waals surface area contributed by atoms with Gasteiger partial charge in [0.05, 0.1) is 13.8 Å². The molecule has 1 saturated carbocycles. The molecule has 24 heavy (non-hydrogen) atoms. The molecule has 0 heterocycles. The van der Waals surface area contributed by atoms with Crippen LogP contribution in [0.5, 0.6) is 0 Å². The Hall–Kier alpha value is 0.177. The van der Waals surface area contributed by atoms with E-state index in [1.807, 2.05) is 0 Å². The summed E-state index contributed by atoms with van der Waals surface area (Å²) in [5.74, 6) is 0.682. The molecule has 0 aromatic rings. The van der Waals surface area contributed by atoms with E-state index < -0.39 is 8.07 Å². The molecule has 2 atom stereocenters. The van der Waals surface area contributed by atoms with Gasteiger partial charge in [0, 0.05) is 6.61 Å². The first kappa shape index (κ1) is 22.2. The second kappa shape index (κ2) is 11.0.